The first-order valence-corrected chi connectivity index (χ1v) is 7.07. The largest absolute Gasteiger partial charge is 0.448 e. The molecular weight excluding hydrogens is 302 g/mol. The Balaban J connectivity index is 1.85. The molecule has 0 bridgehead atoms. The quantitative estimate of drug-likeness (QED) is 0.533. The maximum absolute atomic E-state index is 12.6. The minimum atomic E-state index is -0.212. The second-order valence-electron chi connectivity index (χ2n) is 4.94. The summed E-state index contributed by atoms with van der Waals surface area (Å²) in [5.41, 5.74) is 2.17. The molecule has 108 valence electrons. The molecule has 0 saturated carbocycles. The van der Waals surface area contributed by atoms with Crippen LogP contribution in [0.15, 0.2) is 58.1 Å². The van der Waals surface area contributed by atoms with Crippen LogP contribution >= 0.6 is 11.6 Å². The van der Waals surface area contributed by atoms with Crippen molar-refractivity contribution >= 4 is 33.7 Å². The summed E-state index contributed by atoms with van der Waals surface area (Å²) in [4.78, 5) is 20.9. The third-order valence-corrected chi connectivity index (χ3v) is 3.72. The lowest BCUT2D eigenvalue weighted by molar-refractivity contribution is 0.642. The number of rotatable bonds is 2. The molecule has 5 nitrogen and oxygen atoms in total. The Morgan fingerprint density at radius 2 is 2.00 bits per heavy atom. The van der Waals surface area contributed by atoms with Crippen molar-refractivity contribution in [1.82, 2.24) is 14.5 Å². The summed E-state index contributed by atoms with van der Waals surface area (Å²) in [5.74, 6) is 0. The highest BCUT2D eigenvalue weighted by atomic mass is 35.5. The van der Waals surface area contributed by atoms with Gasteiger partial charge >= 0.3 is 0 Å². The van der Waals surface area contributed by atoms with Crippen molar-refractivity contribution in [3.63, 3.8) is 0 Å². The third kappa shape index (κ3) is 2.07. The van der Waals surface area contributed by atoms with E-state index in [2.05, 4.69) is 9.97 Å². The Kier molecular flexibility index (Phi) is 2.94. The van der Waals surface area contributed by atoms with E-state index in [0.717, 1.165) is 10.9 Å². The molecule has 0 saturated heterocycles. The zero-order valence-electron chi connectivity index (χ0n) is 11.4. The Bertz CT molecular complexity index is 1030. The Morgan fingerprint density at radius 1 is 1.14 bits per heavy atom. The van der Waals surface area contributed by atoms with Crippen LogP contribution in [-0.4, -0.2) is 14.5 Å². The highest BCUT2D eigenvalue weighted by Gasteiger charge is 2.13. The van der Waals surface area contributed by atoms with Crippen LogP contribution in [0.1, 0.15) is 5.56 Å². The van der Waals surface area contributed by atoms with Gasteiger partial charge in [-0.1, -0.05) is 29.8 Å². The van der Waals surface area contributed by atoms with Gasteiger partial charge in [-0.15, -0.1) is 0 Å². The SMILES string of the molecule is O=c1c2oc3ccccc3c2ncn1Cc1ccc(Cl)nc1. The maximum Gasteiger partial charge on any atom is 0.297 e. The lowest BCUT2D eigenvalue weighted by atomic mass is 10.2. The van der Waals surface area contributed by atoms with E-state index in [0.29, 0.717) is 22.8 Å². The van der Waals surface area contributed by atoms with E-state index in [9.17, 15) is 4.79 Å². The van der Waals surface area contributed by atoms with Crippen LogP contribution in [0.2, 0.25) is 5.15 Å². The fourth-order valence-corrected chi connectivity index (χ4v) is 2.54. The van der Waals surface area contributed by atoms with E-state index >= 15 is 0 Å². The molecule has 1 aromatic carbocycles. The van der Waals surface area contributed by atoms with Gasteiger partial charge in [0.15, 0.2) is 0 Å². The van der Waals surface area contributed by atoms with E-state index in [1.54, 1.807) is 12.3 Å². The molecule has 0 spiro atoms. The second kappa shape index (κ2) is 4.96. The summed E-state index contributed by atoms with van der Waals surface area (Å²) in [6, 6.07) is 11.0. The standard InChI is InChI=1S/C16H10ClN3O2/c17-13-6-5-10(7-18-13)8-20-9-19-14-11-3-1-2-4-12(11)22-15(14)16(20)21/h1-7,9H,8H2. The lowest BCUT2D eigenvalue weighted by Crippen LogP contribution is -2.20. The van der Waals surface area contributed by atoms with Gasteiger partial charge < -0.3 is 4.42 Å². The Morgan fingerprint density at radius 3 is 2.82 bits per heavy atom. The highest BCUT2D eigenvalue weighted by Crippen LogP contribution is 2.24. The minimum Gasteiger partial charge on any atom is -0.448 e. The number of para-hydroxylation sites is 1. The molecule has 3 aromatic heterocycles. The van der Waals surface area contributed by atoms with Gasteiger partial charge in [-0.25, -0.2) is 9.97 Å². The van der Waals surface area contributed by atoms with E-state index < -0.39 is 0 Å². The van der Waals surface area contributed by atoms with Crippen molar-refractivity contribution in [3.05, 3.63) is 70.0 Å². The third-order valence-electron chi connectivity index (χ3n) is 3.49. The number of pyridine rings is 1. The number of nitrogens with zero attached hydrogens (tertiary/aromatic N) is 3. The van der Waals surface area contributed by atoms with Crippen LogP contribution in [0.4, 0.5) is 0 Å². The van der Waals surface area contributed by atoms with Gasteiger partial charge in [0.25, 0.3) is 5.56 Å². The molecule has 0 fully saturated rings. The van der Waals surface area contributed by atoms with Gasteiger partial charge in [-0.3, -0.25) is 9.36 Å². The highest BCUT2D eigenvalue weighted by molar-refractivity contribution is 6.29. The molecule has 0 atom stereocenters. The van der Waals surface area contributed by atoms with Gasteiger partial charge in [0.05, 0.1) is 12.9 Å². The average Bonchev–Trinajstić information content (AvgIpc) is 2.92. The van der Waals surface area contributed by atoms with Crippen molar-refractivity contribution in [2.45, 2.75) is 6.54 Å². The topological polar surface area (TPSA) is 60.9 Å². The molecule has 0 unspecified atom stereocenters. The molecule has 22 heavy (non-hydrogen) atoms. The van der Waals surface area contributed by atoms with Crippen LogP contribution in [0.25, 0.3) is 22.1 Å². The molecule has 3 heterocycles. The Hall–Kier alpha value is -2.66. The zero-order chi connectivity index (χ0) is 15.1. The van der Waals surface area contributed by atoms with Crippen molar-refractivity contribution in [2.75, 3.05) is 0 Å². The van der Waals surface area contributed by atoms with Crippen molar-refractivity contribution in [2.24, 2.45) is 0 Å². The number of aromatic nitrogens is 3. The molecule has 4 aromatic rings. The van der Waals surface area contributed by atoms with Gasteiger partial charge in [0, 0.05) is 11.6 Å². The number of benzene rings is 1. The molecular formula is C16H10ClN3O2. The van der Waals surface area contributed by atoms with Crippen molar-refractivity contribution in [3.8, 4) is 0 Å². The van der Waals surface area contributed by atoms with Crippen molar-refractivity contribution in [1.29, 1.82) is 0 Å². The number of fused-ring (bicyclic) bond motifs is 3. The number of furan rings is 1. The first kappa shape index (κ1) is 13.0. The van der Waals surface area contributed by atoms with E-state index in [4.69, 9.17) is 16.0 Å². The van der Waals surface area contributed by atoms with Gasteiger partial charge in [0.1, 0.15) is 16.3 Å². The normalized spacial score (nSPS) is 11.3. The summed E-state index contributed by atoms with van der Waals surface area (Å²) in [7, 11) is 0. The summed E-state index contributed by atoms with van der Waals surface area (Å²) in [5, 5.41) is 1.26. The van der Waals surface area contributed by atoms with Crippen molar-refractivity contribution < 1.29 is 4.42 Å². The van der Waals surface area contributed by atoms with Crippen LogP contribution in [-0.2, 0) is 6.54 Å². The smallest absolute Gasteiger partial charge is 0.297 e. The molecule has 0 N–H and O–H groups in total. The Labute approximate surface area is 129 Å². The zero-order valence-corrected chi connectivity index (χ0v) is 12.1. The van der Waals surface area contributed by atoms with Crippen LogP contribution in [0.5, 0.6) is 0 Å². The minimum absolute atomic E-state index is 0.212. The molecule has 0 aliphatic heterocycles. The molecule has 4 rings (SSSR count). The molecule has 0 radical (unpaired) electrons. The molecule has 0 aliphatic carbocycles. The van der Waals surface area contributed by atoms with Crippen LogP contribution in [0, 0.1) is 0 Å². The van der Waals surface area contributed by atoms with E-state index in [-0.39, 0.29) is 11.1 Å². The maximum atomic E-state index is 12.6. The molecule has 0 aliphatic rings. The summed E-state index contributed by atoms with van der Waals surface area (Å²) < 4.78 is 7.14. The van der Waals surface area contributed by atoms with Gasteiger partial charge in [-0.2, -0.15) is 0 Å². The second-order valence-corrected chi connectivity index (χ2v) is 5.33. The van der Waals surface area contributed by atoms with Gasteiger partial charge in [0.2, 0.25) is 5.58 Å². The number of halogens is 1. The summed E-state index contributed by atoms with van der Waals surface area (Å²) in [6.07, 6.45) is 3.17. The fraction of sp³-hybridized carbons (Fsp3) is 0.0625. The molecule has 0 amide bonds. The predicted octanol–water partition coefficient (Wildman–Crippen LogP) is 3.24. The summed E-state index contributed by atoms with van der Waals surface area (Å²) >= 11 is 5.76. The average molecular weight is 312 g/mol. The fourth-order valence-electron chi connectivity index (χ4n) is 2.42. The monoisotopic (exact) mass is 311 g/mol. The summed E-state index contributed by atoms with van der Waals surface area (Å²) in [6.45, 7) is 0.364. The lowest BCUT2D eigenvalue weighted by Gasteiger charge is -2.04. The first-order chi connectivity index (χ1) is 10.7. The predicted molar refractivity (Wildman–Crippen MR) is 84.1 cm³/mol. The number of hydrogen-bond donors (Lipinski definition) is 0. The number of hydrogen-bond acceptors (Lipinski definition) is 4. The van der Waals surface area contributed by atoms with Crippen LogP contribution in [0.3, 0.4) is 0 Å². The van der Waals surface area contributed by atoms with Gasteiger partial charge in [-0.05, 0) is 23.8 Å². The van der Waals surface area contributed by atoms with E-state index in [1.807, 2.05) is 30.3 Å². The van der Waals surface area contributed by atoms with E-state index in [1.165, 1.54) is 10.9 Å². The van der Waals surface area contributed by atoms with Crippen LogP contribution < -0.4 is 5.56 Å². The first-order valence-electron chi connectivity index (χ1n) is 6.69. The molecule has 6 heteroatoms.